The second-order valence-electron chi connectivity index (χ2n) is 5.71. The highest BCUT2D eigenvalue weighted by molar-refractivity contribution is 9.10. The molecule has 1 aromatic heterocycles. The van der Waals surface area contributed by atoms with E-state index in [0.29, 0.717) is 12.0 Å². The van der Waals surface area contributed by atoms with Crippen molar-refractivity contribution in [3.05, 3.63) is 51.8 Å². The van der Waals surface area contributed by atoms with Crippen molar-refractivity contribution in [2.75, 3.05) is 0 Å². The third-order valence-corrected chi connectivity index (χ3v) is 4.65. The molecule has 3 nitrogen and oxygen atoms in total. The van der Waals surface area contributed by atoms with Crippen molar-refractivity contribution in [2.24, 2.45) is 7.05 Å². The Labute approximate surface area is 128 Å². The first-order valence-electron chi connectivity index (χ1n) is 7.10. The molecule has 20 heavy (non-hydrogen) atoms. The first-order chi connectivity index (χ1) is 9.61. The Morgan fingerprint density at radius 3 is 2.85 bits per heavy atom. The summed E-state index contributed by atoms with van der Waals surface area (Å²) in [7, 11) is 1.98. The first kappa shape index (κ1) is 13.8. The number of aryl methyl sites for hydroxylation is 2. The highest BCUT2D eigenvalue weighted by Gasteiger charge is 2.29. The van der Waals surface area contributed by atoms with Crippen LogP contribution in [-0.2, 0) is 13.6 Å². The van der Waals surface area contributed by atoms with E-state index < -0.39 is 0 Å². The molecule has 1 heterocycles. The smallest absolute Gasteiger partial charge is 0.0638 e. The Bertz CT molecular complexity index is 600. The molecule has 3 rings (SSSR count). The molecular weight excluding hydrogens is 314 g/mol. The summed E-state index contributed by atoms with van der Waals surface area (Å²) < 4.78 is 3.06. The van der Waals surface area contributed by atoms with Gasteiger partial charge in [0.2, 0.25) is 0 Å². The molecule has 1 aliphatic rings. The van der Waals surface area contributed by atoms with E-state index in [1.165, 1.54) is 28.4 Å². The summed E-state index contributed by atoms with van der Waals surface area (Å²) in [5.41, 5.74) is 3.89. The van der Waals surface area contributed by atoms with Gasteiger partial charge in [-0.2, -0.15) is 5.10 Å². The predicted octanol–water partition coefficient (Wildman–Crippen LogP) is 3.53. The van der Waals surface area contributed by atoms with Crippen molar-refractivity contribution < 1.29 is 0 Å². The van der Waals surface area contributed by atoms with Crippen LogP contribution in [0.1, 0.15) is 35.6 Å². The predicted molar refractivity (Wildman–Crippen MR) is 84.7 cm³/mol. The first-order valence-corrected chi connectivity index (χ1v) is 7.89. The fourth-order valence-corrected chi connectivity index (χ4v) is 3.31. The van der Waals surface area contributed by atoms with Crippen molar-refractivity contribution in [2.45, 2.75) is 38.3 Å². The molecule has 0 bridgehead atoms. The SMILES string of the molecule is Cc1nn(C)cc1CNC1CC(c2cccc(Br)c2)C1. The standard InChI is InChI=1S/C16H20BrN3/c1-11-14(10-20(2)19-11)9-18-16-7-13(8-16)12-4-3-5-15(17)6-12/h3-6,10,13,16,18H,7-9H2,1-2H3. The van der Waals surface area contributed by atoms with Crippen LogP contribution in [0.15, 0.2) is 34.9 Å². The highest BCUT2D eigenvalue weighted by atomic mass is 79.9. The van der Waals surface area contributed by atoms with Gasteiger partial charge in [-0.25, -0.2) is 0 Å². The number of hydrogen-bond donors (Lipinski definition) is 1. The third kappa shape index (κ3) is 2.96. The minimum Gasteiger partial charge on any atom is -0.310 e. The molecule has 0 aliphatic heterocycles. The third-order valence-electron chi connectivity index (χ3n) is 4.15. The lowest BCUT2D eigenvalue weighted by atomic mass is 9.76. The second kappa shape index (κ2) is 5.70. The fourth-order valence-electron chi connectivity index (χ4n) is 2.89. The molecule has 0 amide bonds. The molecule has 2 aromatic rings. The van der Waals surface area contributed by atoms with Crippen molar-refractivity contribution in [1.82, 2.24) is 15.1 Å². The van der Waals surface area contributed by atoms with Gasteiger partial charge in [-0.3, -0.25) is 4.68 Å². The minimum absolute atomic E-state index is 0.638. The van der Waals surface area contributed by atoms with Crippen LogP contribution in [0.2, 0.25) is 0 Å². The van der Waals surface area contributed by atoms with Crippen molar-refractivity contribution >= 4 is 15.9 Å². The van der Waals surface area contributed by atoms with E-state index in [1.807, 2.05) is 11.7 Å². The highest BCUT2D eigenvalue weighted by Crippen LogP contribution is 2.37. The number of rotatable bonds is 4. The molecule has 1 aliphatic carbocycles. The van der Waals surface area contributed by atoms with E-state index >= 15 is 0 Å². The van der Waals surface area contributed by atoms with Crippen LogP contribution in [0.25, 0.3) is 0 Å². The Hall–Kier alpha value is -1.13. The maximum Gasteiger partial charge on any atom is 0.0638 e. The largest absolute Gasteiger partial charge is 0.310 e. The van der Waals surface area contributed by atoms with E-state index in [9.17, 15) is 0 Å². The lowest BCUT2D eigenvalue weighted by Crippen LogP contribution is -2.39. The van der Waals surface area contributed by atoms with Gasteiger partial charge in [0.15, 0.2) is 0 Å². The van der Waals surface area contributed by atoms with E-state index in [2.05, 4.69) is 63.7 Å². The van der Waals surface area contributed by atoms with Gasteiger partial charge in [-0.15, -0.1) is 0 Å². The number of benzene rings is 1. The summed E-state index contributed by atoms with van der Waals surface area (Å²) in [6.45, 7) is 3.00. The summed E-state index contributed by atoms with van der Waals surface area (Å²) in [4.78, 5) is 0. The molecule has 1 fully saturated rings. The summed E-state index contributed by atoms with van der Waals surface area (Å²) in [5, 5.41) is 8.02. The molecule has 4 heteroatoms. The molecule has 0 saturated heterocycles. The topological polar surface area (TPSA) is 29.9 Å². The molecule has 0 atom stereocenters. The van der Waals surface area contributed by atoms with Gasteiger partial charge in [0.1, 0.15) is 0 Å². The zero-order valence-electron chi connectivity index (χ0n) is 11.9. The van der Waals surface area contributed by atoms with Crippen molar-refractivity contribution in [3.8, 4) is 0 Å². The minimum atomic E-state index is 0.638. The van der Waals surface area contributed by atoms with Crippen LogP contribution >= 0.6 is 15.9 Å². The van der Waals surface area contributed by atoms with Crippen LogP contribution in [0, 0.1) is 6.92 Å². The van der Waals surface area contributed by atoms with Crippen molar-refractivity contribution in [3.63, 3.8) is 0 Å². The van der Waals surface area contributed by atoms with Crippen LogP contribution < -0.4 is 5.32 Å². The van der Waals surface area contributed by atoms with Gasteiger partial charge in [-0.1, -0.05) is 28.1 Å². The fraction of sp³-hybridized carbons (Fsp3) is 0.438. The van der Waals surface area contributed by atoms with E-state index in [0.717, 1.165) is 12.2 Å². The van der Waals surface area contributed by atoms with E-state index in [1.54, 1.807) is 0 Å². The second-order valence-corrected chi connectivity index (χ2v) is 6.63. The Balaban J connectivity index is 1.50. The zero-order chi connectivity index (χ0) is 14.1. The molecule has 0 radical (unpaired) electrons. The lowest BCUT2D eigenvalue weighted by molar-refractivity contribution is 0.289. The summed E-state index contributed by atoms with van der Waals surface area (Å²) >= 11 is 3.55. The number of halogens is 1. The summed E-state index contributed by atoms with van der Waals surface area (Å²) in [5.74, 6) is 0.708. The summed E-state index contributed by atoms with van der Waals surface area (Å²) in [6, 6.07) is 9.32. The van der Waals surface area contributed by atoms with E-state index in [-0.39, 0.29) is 0 Å². The Morgan fingerprint density at radius 1 is 1.40 bits per heavy atom. The summed E-state index contributed by atoms with van der Waals surface area (Å²) in [6.07, 6.45) is 4.57. The van der Waals surface area contributed by atoms with Gasteiger partial charge in [0.25, 0.3) is 0 Å². The Kier molecular flexibility index (Phi) is 3.94. The molecule has 1 aromatic carbocycles. The normalized spacial score (nSPS) is 21.8. The molecule has 0 unspecified atom stereocenters. The molecule has 106 valence electrons. The number of nitrogens with one attached hydrogen (secondary N) is 1. The number of aromatic nitrogens is 2. The lowest BCUT2D eigenvalue weighted by Gasteiger charge is -2.36. The van der Waals surface area contributed by atoms with Gasteiger partial charge < -0.3 is 5.32 Å². The van der Waals surface area contributed by atoms with Crippen LogP contribution in [0.5, 0.6) is 0 Å². The Morgan fingerprint density at radius 2 is 2.20 bits per heavy atom. The molecule has 1 saturated carbocycles. The average Bonchev–Trinajstić information content (AvgIpc) is 2.66. The maximum absolute atomic E-state index is 4.38. The van der Waals surface area contributed by atoms with Gasteiger partial charge in [0, 0.05) is 35.9 Å². The maximum atomic E-state index is 4.38. The molecular formula is C16H20BrN3. The van der Waals surface area contributed by atoms with Crippen LogP contribution in [0.3, 0.4) is 0 Å². The van der Waals surface area contributed by atoms with Crippen LogP contribution in [-0.4, -0.2) is 15.8 Å². The zero-order valence-corrected chi connectivity index (χ0v) is 13.5. The number of hydrogen-bond acceptors (Lipinski definition) is 2. The molecule has 1 N–H and O–H groups in total. The van der Waals surface area contributed by atoms with Crippen LogP contribution in [0.4, 0.5) is 0 Å². The molecule has 0 spiro atoms. The van der Waals surface area contributed by atoms with Crippen molar-refractivity contribution in [1.29, 1.82) is 0 Å². The van der Waals surface area contributed by atoms with E-state index in [4.69, 9.17) is 0 Å². The van der Waals surface area contributed by atoms with Gasteiger partial charge in [0.05, 0.1) is 5.69 Å². The monoisotopic (exact) mass is 333 g/mol. The number of nitrogens with zero attached hydrogens (tertiary/aromatic N) is 2. The van der Waals surface area contributed by atoms with Gasteiger partial charge in [-0.05, 0) is 43.4 Å². The van der Waals surface area contributed by atoms with Gasteiger partial charge >= 0.3 is 0 Å². The average molecular weight is 334 g/mol. The quantitative estimate of drug-likeness (QED) is 0.927.